The summed E-state index contributed by atoms with van der Waals surface area (Å²) in [4.78, 5) is 0. The molecule has 0 aliphatic carbocycles. The quantitative estimate of drug-likeness (QED) is 0.510. The van der Waals surface area contributed by atoms with Gasteiger partial charge in [-0.25, -0.2) is 0 Å². The van der Waals surface area contributed by atoms with E-state index < -0.39 is 0 Å². The van der Waals surface area contributed by atoms with Crippen molar-refractivity contribution < 1.29 is 4.42 Å². The van der Waals surface area contributed by atoms with E-state index in [1.807, 2.05) is 19.1 Å². The van der Waals surface area contributed by atoms with Crippen LogP contribution in [-0.4, -0.2) is 0 Å². The van der Waals surface area contributed by atoms with Crippen molar-refractivity contribution in [1.82, 2.24) is 5.43 Å². The van der Waals surface area contributed by atoms with Crippen LogP contribution in [0.1, 0.15) is 31.4 Å². The van der Waals surface area contributed by atoms with E-state index >= 15 is 0 Å². The average Bonchev–Trinajstić information content (AvgIpc) is 2.50. The minimum Gasteiger partial charge on any atom is -0.464 e. The Labute approximate surface area is 66.5 Å². The fourth-order valence-electron chi connectivity index (χ4n) is 0.899. The zero-order valence-corrected chi connectivity index (χ0v) is 6.92. The molecule has 62 valence electrons. The van der Waals surface area contributed by atoms with Gasteiger partial charge in [0, 0.05) is 6.42 Å². The number of hydrogen-bond donors (Lipinski definition) is 2. The van der Waals surface area contributed by atoms with Crippen molar-refractivity contribution in [2.24, 2.45) is 5.84 Å². The molecule has 1 aromatic heterocycles. The SMILES string of the molecule is CCc1ccc(C(C)NN)o1. The lowest BCUT2D eigenvalue weighted by Gasteiger charge is -2.04. The highest BCUT2D eigenvalue weighted by Crippen LogP contribution is 2.15. The van der Waals surface area contributed by atoms with E-state index in [1.54, 1.807) is 0 Å². The third-order valence-electron chi connectivity index (χ3n) is 1.71. The van der Waals surface area contributed by atoms with Crippen molar-refractivity contribution in [3.05, 3.63) is 23.7 Å². The van der Waals surface area contributed by atoms with Crippen molar-refractivity contribution in [3.63, 3.8) is 0 Å². The van der Waals surface area contributed by atoms with Gasteiger partial charge in [-0.1, -0.05) is 6.92 Å². The molecule has 0 saturated carbocycles. The number of hydrogen-bond acceptors (Lipinski definition) is 3. The zero-order valence-electron chi connectivity index (χ0n) is 6.92. The van der Waals surface area contributed by atoms with Gasteiger partial charge in [0.2, 0.25) is 0 Å². The molecule has 1 rings (SSSR count). The monoisotopic (exact) mass is 154 g/mol. The Morgan fingerprint density at radius 2 is 2.36 bits per heavy atom. The Morgan fingerprint density at radius 3 is 2.82 bits per heavy atom. The first-order chi connectivity index (χ1) is 5.27. The van der Waals surface area contributed by atoms with Crippen LogP contribution in [0.4, 0.5) is 0 Å². The first kappa shape index (κ1) is 8.30. The molecule has 0 fully saturated rings. The number of nitrogens with two attached hydrogens (primary N) is 1. The van der Waals surface area contributed by atoms with E-state index in [0.717, 1.165) is 17.9 Å². The highest BCUT2D eigenvalue weighted by molar-refractivity contribution is 5.09. The first-order valence-electron chi connectivity index (χ1n) is 3.82. The molecule has 1 aromatic rings. The van der Waals surface area contributed by atoms with Crippen LogP contribution in [0.2, 0.25) is 0 Å². The van der Waals surface area contributed by atoms with Crippen LogP contribution in [0.3, 0.4) is 0 Å². The van der Waals surface area contributed by atoms with Crippen LogP contribution < -0.4 is 11.3 Å². The molecule has 0 bridgehead atoms. The maximum absolute atomic E-state index is 5.44. The summed E-state index contributed by atoms with van der Waals surface area (Å²) in [5.74, 6) is 7.14. The van der Waals surface area contributed by atoms with Crippen molar-refractivity contribution in [3.8, 4) is 0 Å². The highest BCUT2D eigenvalue weighted by Gasteiger charge is 2.06. The summed E-state index contributed by atoms with van der Waals surface area (Å²) in [6.07, 6.45) is 0.928. The molecule has 0 saturated heterocycles. The number of furan rings is 1. The molecule has 0 aliphatic rings. The third-order valence-corrected chi connectivity index (χ3v) is 1.71. The lowest BCUT2D eigenvalue weighted by Crippen LogP contribution is -2.25. The minimum absolute atomic E-state index is 0.0929. The fraction of sp³-hybridized carbons (Fsp3) is 0.500. The summed E-state index contributed by atoms with van der Waals surface area (Å²) in [6.45, 7) is 4.02. The molecule has 3 heteroatoms. The summed E-state index contributed by atoms with van der Waals surface area (Å²) in [5, 5.41) is 0. The molecular formula is C8H14N2O. The fourth-order valence-corrected chi connectivity index (χ4v) is 0.899. The van der Waals surface area contributed by atoms with Crippen molar-refractivity contribution in [1.29, 1.82) is 0 Å². The number of hydrazine groups is 1. The first-order valence-corrected chi connectivity index (χ1v) is 3.82. The van der Waals surface area contributed by atoms with Gasteiger partial charge in [0.1, 0.15) is 11.5 Å². The van der Waals surface area contributed by atoms with Crippen molar-refractivity contribution in [2.75, 3.05) is 0 Å². The minimum atomic E-state index is 0.0929. The smallest absolute Gasteiger partial charge is 0.122 e. The van der Waals surface area contributed by atoms with E-state index in [-0.39, 0.29) is 6.04 Å². The Hall–Kier alpha value is -0.800. The second kappa shape index (κ2) is 3.55. The summed E-state index contributed by atoms with van der Waals surface area (Å²) in [6, 6.07) is 4.02. The van der Waals surface area contributed by atoms with Crippen molar-refractivity contribution in [2.45, 2.75) is 26.3 Å². The molecule has 0 amide bonds. The second-order valence-corrected chi connectivity index (χ2v) is 2.55. The van der Waals surface area contributed by atoms with Gasteiger partial charge >= 0.3 is 0 Å². The van der Waals surface area contributed by atoms with E-state index in [9.17, 15) is 0 Å². The molecule has 1 atom stereocenters. The number of aryl methyl sites for hydroxylation is 1. The summed E-state index contributed by atoms with van der Waals surface area (Å²) >= 11 is 0. The zero-order chi connectivity index (χ0) is 8.27. The number of rotatable bonds is 3. The highest BCUT2D eigenvalue weighted by atomic mass is 16.3. The van der Waals surface area contributed by atoms with Gasteiger partial charge in [-0.15, -0.1) is 0 Å². The molecule has 0 spiro atoms. The average molecular weight is 154 g/mol. The summed E-state index contributed by atoms with van der Waals surface area (Å²) in [7, 11) is 0. The van der Waals surface area contributed by atoms with Crippen LogP contribution in [0.25, 0.3) is 0 Å². The summed E-state index contributed by atoms with van der Waals surface area (Å²) in [5.41, 5.74) is 2.62. The standard InChI is InChI=1S/C8H14N2O/c1-3-7-4-5-8(11-7)6(2)10-9/h4-6,10H,3,9H2,1-2H3. The van der Waals surface area contributed by atoms with Crippen molar-refractivity contribution >= 4 is 0 Å². The summed E-state index contributed by atoms with van der Waals surface area (Å²) < 4.78 is 5.44. The van der Waals surface area contributed by atoms with Gasteiger partial charge in [0.05, 0.1) is 6.04 Å². The van der Waals surface area contributed by atoms with Crippen LogP contribution in [0.15, 0.2) is 16.5 Å². The van der Waals surface area contributed by atoms with Gasteiger partial charge < -0.3 is 4.42 Å². The van der Waals surface area contributed by atoms with E-state index in [4.69, 9.17) is 10.3 Å². The van der Waals surface area contributed by atoms with Gasteiger partial charge in [-0.2, -0.15) is 0 Å². The number of nitrogens with one attached hydrogen (secondary N) is 1. The largest absolute Gasteiger partial charge is 0.464 e. The molecule has 3 N–H and O–H groups in total. The van der Waals surface area contributed by atoms with Gasteiger partial charge in [-0.05, 0) is 19.1 Å². The molecule has 1 unspecified atom stereocenters. The molecule has 0 aliphatic heterocycles. The lowest BCUT2D eigenvalue weighted by molar-refractivity contribution is 0.413. The predicted molar refractivity (Wildman–Crippen MR) is 43.8 cm³/mol. The molecule has 0 aromatic carbocycles. The Balaban J connectivity index is 2.71. The van der Waals surface area contributed by atoms with E-state index in [1.165, 1.54) is 0 Å². The third kappa shape index (κ3) is 1.82. The molecule has 1 heterocycles. The normalized spacial score (nSPS) is 13.4. The Bertz CT molecular complexity index is 220. The van der Waals surface area contributed by atoms with Gasteiger partial charge in [0.25, 0.3) is 0 Å². The second-order valence-electron chi connectivity index (χ2n) is 2.55. The van der Waals surface area contributed by atoms with Crippen LogP contribution in [0.5, 0.6) is 0 Å². The topological polar surface area (TPSA) is 51.2 Å². The maximum Gasteiger partial charge on any atom is 0.122 e. The van der Waals surface area contributed by atoms with E-state index in [2.05, 4.69) is 12.3 Å². The maximum atomic E-state index is 5.44. The molecule has 11 heavy (non-hydrogen) atoms. The molecular weight excluding hydrogens is 140 g/mol. The Morgan fingerprint density at radius 1 is 1.64 bits per heavy atom. The van der Waals surface area contributed by atoms with Gasteiger partial charge in [0.15, 0.2) is 0 Å². The lowest BCUT2D eigenvalue weighted by atomic mass is 10.3. The molecule has 0 radical (unpaired) electrons. The molecule has 3 nitrogen and oxygen atoms in total. The van der Waals surface area contributed by atoms with Crippen LogP contribution >= 0.6 is 0 Å². The van der Waals surface area contributed by atoms with Crippen LogP contribution in [0, 0.1) is 0 Å². The van der Waals surface area contributed by atoms with E-state index in [0.29, 0.717) is 0 Å². The Kier molecular flexibility index (Phi) is 2.68. The van der Waals surface area contributed by atoms with Crippen LogP contribution in [-0.2, 0) is 6.42 Å². The predicted octanol–water partition coefficient (Wildman–Crippen LogP) is 1.37. The van der Waals surface area contributed by atoms with Gasteiger partial charge in [-0.3, -0.25) is 11.3 Å².